The molecule has 0 N–H and O–H groups in total. The average molecular weight is 456 g/mol. The van der Waals surface area contributed by atoms with Gasteiger partial charge in [-0.15, -0.1) is 11.3 Å². The highest BCUT2D eigenvalue weighted by Crippen LogP contribution is 2.50. The van der Waals surface area contributed by atoms with E-state index in [-0.39, 0.29) is 16.5 Å². The summed E-state index contributed by atoms with van der Waals surface area (Å²) >= 11 is 0.991. The van der Waals surface area contributed by atoms with Gasteiger partial charge in [0.05, 0.1) is 17.0 Å². The Labute approximate surface area is 186 Å². The maximum atomic E-state index is 13.9. The molecule has 0 radical (unpaired) electrons. The summed E-state index contributed by atoms with van der Waals surface area (Å²) in [7, 11) is 0. The third kappa shape index (κ3) is 3.39. The first-order valence-electron chi connectivity index (χ1n) is 10.2. The molecule has 32 heavy (non-hydrogen) atoms. The molecule has 4 nitrogen and oxygen atoms in total. The molecule has 3 aromatic rings. The predicted octanol–water partition coefficient (Wildman–Crippen LogP) is 5.92. The topological polar surface area (TPSA) is 41.9 Å². The zero-order valence-corrected chi connectivity index (χ0v) is 17.7. The first kappa shape index (κ1) is 20.8. The second-order valence-corrected chi connectivity index (χ2v) is 8.82. The van der Waals surface area contributed by atoms with Crippen molar-refractivity contribution in [1.29, 1.82) is 0 Å². The van der Waals surface area contributed by atoms with Crippen LogP contribution in [0.15, 0.2) is 71.2 Å². The average Bonchev–Trinajstić information content (AvgIpc) is 3.49. The summed E-state index contributed by atoms with van der Waals surface area (Å²) in [5, 5.41) is 5.37. The maximum Gasteiger partial charge on any atom is 0.436 e. The number of amides is 1. The van der Waals surface area contributed by atoms with Crippen LogP contribution < -0.4 is 4.90 Å². The normalized spacial score (nSPS) is 20.5. The Morgan fingerprint density at radius 1 is 1.06 bits per heavy atom. The smallest absolute Gasteiger partial charge is 0.373 e. The van der Waals surface area contributed by atoms with Gasteiger partial charge in [-0.1, -0.05) is 41.6 Å². The van der Waals surface area contributed by atoms with Gasteiger partial charge in [0.25, 0.3) is 11.5 Å². The van der Waals surface area contributed by atoms with Crippen molar-refractivity contribution in [2.24, 2.45) is 5.16 Å². The summed E-state index contributed by atoms with van der Waals surface area (Å²) in [4.78, 5) is 20.0. The lowest BCUT2D eigenvalue weighted by molar-refractivity contribution is -0.274. The Bertz CT molecular complexity index is 1170. The highest BCUT2D eigenvalue weighted by Gasteiger charge is 2.63. The SMILES string of the molecule is O=C(c1ccc(C2=NOC(c3cccs3)(C(F)(F)F)C2)cc1)N1CCCc2ccccc21. The van der Waals surface area contributed by atoms with Crippen LogP contribution in [-0.4, -0.2) is 24.3 Å². The van der Waals surface area contributed by atoms with Gasteiger partial charge in [0.2, 0.25) is 0 Å². The number of benzene rings is 2. The minimum atomic E-state index is -4.61. The molecule has 1 aromatic heterocycles. The molecule has 1 unspecified atom stereocenters. The number of alkyl halides is 3. The number of carbonyl (C=O) groups is 1. The zero-order valence-electron chi connectivity index (χ0n) is 16.9. The van der Waals surface area contributed by atoms with Gasteiger partial charge >= 0.3 is 6.18 Å². The third-order valence-electron chi connectivity index (χ3n) is 5.93. The minimum Gasteiger partial charge on any atom is -0.373 e. The Balaban J connectivity index is 1.38. The fraction of sp³-hybridized carbons (Fsp3) is 0.250. The molecule has 2 aromatic carbocycles. The number of fused-ring (bicyclic) bond motifs is 1. The molecule has 2 aliphatic rings. The van der Waals surface area contributed by atoms with Crippen LogP contribution in [0.5, 0.6) is 0 Å². The Morgan fingerprint density at radius 2 is 1.84 bits per heavy atom. The molecule has 0 saturated carbocycles. The quantitative estimate of drug-likeness (QED) is 0.491. The lowest BCUT2D eigenvalue weighted by Gasteiger charge is -2.29. The van der Waals surface area contributed by atoms with E-state index in [0.717, 1.165) is 35.4 Å². The van der Waals surface area contributed by atoms with Crippen molar-refractivity contribution in [3.8, 4) is 0 Å². The second kappa shape index (κ2) is 7.78. The van der Waals surface area contributed by atoms with Crippen molar-refractivity contribution >= 4 is 28.6 Å². The van der Waals surface area contributed by atoms with Crippen LogP contribution in [0.2, 0.25) is 0 Å². The fourth-order valence-electron chi connectivity index (χ4n) is 4.23. The highest BCUT2D eigenvalue weighted by molar-refractivity contribution is 7.10. The number of anilines is 1. The second-order valence-electron chi connectivity index (χ2n) is 7.87. The van der Waals surface area contributed by atoms with E-state index in [1.165, 1.54) is 6.07 Å². The summed E-state index contributed by atoms with van der Waals surface area (Å²) < 4.78 is 41.8. The number of rotatable bonds is 3. The Morgan fingerprint density at radius 3 is 2.56 bits per heavy atom. The van der Waals surface area contributed by atoms with Crippen molar-refractivity contribution in [1.82, 2.24) is 0 Å². The van der Waals surface area contributed by atoms with E-state index in [9.17, 15) is 18.0 Å². The molecule has 1 amide bonds. The van der Waals surface area contributed by atoms with Crippen LogP contribution in [0, 0.1) is 0 Å². The van der Waals surface area contributed by atoms with Crippen molar-refractivity contribution in [2.45, 2.75) is 31.0 Å². The highest BCUT2D eigenvalue weighted by atomic mass is 32.1. The number of oxime groups is 1. The summed E-state index contributed by atoms with van der Waals surface area (Å²) in [6.45, 7) is 0.632. The van der Waals surface area contributed by atoms with Gasteiger partial charge < -0.3 is 9.74 Å². The first-order valence-corrected chi connectivity index (χ1v) is 11.1. The van der Waals surface area contributed by atoms with Gasteiger partial charge in [-0.2, -0.15) is 13.2 Å². The van der Waals surface area contributed by atoms with E-state index < -0.39 is 18.2 Å². The van der Waals surface area contributed by atoms with E-state index >= 15 is 0 Å². The molecule has 0 spiro atoms. The first-order chi connectivity index (χ1) is 15.4. The van der Waals surface area contributed by atoms with Gasteiger partial charge in [-0.3, -0.25) is 4.79 Å². The molecule has 0 aliphatic carbocycles. The number of carbonyl (C=O) groups excluding carboxylic acids is 1. The van der Waals surface area contributed by atoms with Crippen molar-refractivity contribution in [3.05, 3.63) is 87.6 Å². The monoisotopic (exact) mass is 456 g/mol. The van der Waals surface area contributed by atoms with Gasteiger partial charge in [0.15, 0.2) is 0 Å². The van der Waals surface area contributed by atoms with Gasteiger partial charge in [0, 0.05) is 17.8 Å². The standard InChI is InChI=1S/C24H19F3N2O2S/c25-24(26,27)23(21-8-4-14-32-21)15-19(28-31-23)16-9-11-18(12-10-16)22(30)29-13-3-6-17-5-1-2-7-20(17)29/h1-2,4-5,7-12,14H,3,6,13,15H2. The fourth-order valence-corrected chi connectivity index (χ4v) is 5.10. The molecule has 0 saturated heterocycles. The molecule has 8 heteroatoms. The molecule has 3 heterocycles. The van der Waals surface area contributed by atoms with E-state index in [1.54, 1.807) is 40.6 Å². The molecule has 5 rings (SSSR count). The number of para-hydroxylation sites is 1. The van der Waals surface area contributed by atoms with Crippen molar-refractivity contribution in [2.75, 3.05) is 11.4 Å². The van der Waals surface area contributed by atoms with Crippen LogP contribution in [0.3, 0.4) is 0 Å². The molecule has 0 bridgehead atoms. The summed E-state index contributed by atoms with van der Waals surface area (Å²) in [6, 6.07) is 17.3. The number of hydrogen-bond acceptors (Lipinski definition) is 4. The van der Waals surface area contributed by atoms with Crippen LogP contribution in [-0.2, 0) is 16.9 Å². The van der Waals surface area contributed by atoms with Gasteiger partial charge in [0.1, 0.15) is 0 Å². The van der Waals surface area contributed by atoms with E-state index in [1.807, 2.05) is 24.3 Å². The third-order valence-corrected chi connectivity index (χ3v) is 6.94. The molecule has 1 atom stereocenters. The lowest BCUT2D eigenvalue weighted by Crippen LogP contribution is -2.42. The summed E-state index contributed by atoms with van der Waals surface area (Å²) in [5.74, 6) is -0.128. The number of nitrogens with zero attached hydrogens (tertiary/aromatic N) is 2. The molecule has 0 fully saturated rings. The number of thiophene rings is 1. The van der Waals surface area contributed by atoms with Crippen LogP contribution in [0.4, 0.5) is 18.9 Å². The summed E-state index contributed by atoms with van der Waals surface area (Å²) in [5.41, 5.74) is 0.764. The summed E-state index contributed by atoms with van der Waals surface area (Å²) in [6.07, 6.45) is -3.20. The molecular weight excluding hydrogens is 437 g/mol. The molecule has 2 aliphatic heterocycles. The predicted molar refractivity (Wildman–Crippen MR) is 117 cm³/mol. The van der Waals surface area contributed by atoms with E-state index in [4.69, 9.17) is 4.84 Å². The molecular formula is C24H19F3N2O2S. The Hall–Kier alpha value is -3.13. The minimum absolute atomic E-state index is 0.0688. The van der Waals surface area contributed by atoms with Gasteiger partial charge in [-0.05, 0) is 53.6 Å². The molecule has 164 valence electrons. The largest absolute Gasteiger partial charge is 0.436 e. The van der Waals surface area contributed by atoms with Crippen molar-refractivity contribution < 1.29 is 22.8 Å². The maximum absolute atomic E-state index is 13.9. The number of hydrogen-bond donors (Lipinski definition) is 0. The van der Waals surface area contributed by atoms with E-state index in [2.05, 4.69) is 5.16 Å². The van der Waals surface area contributed by atoms with Crippen LogP contribution in [0.1, 0.15) is 39.2 Å². The Kier molecular flexibility index (Phi) is 5.04. The van der Waals surface area contributed by atoms with Crippen LogP contribution >= 0.6 is 11.3 Å². The number of aryl methyl sites for hydroxylation is 1. The zero-order chi connectivity index (χ0) is 22.3. The van der Waals surface area contributed by atoms with Crippen molar-refractivity contribution in [3.63, 3.8) is 0 Å². The van der Waals surface area contributed by atoms with E-state index in [0.29, 0.717) is 17.7 Å². The lowest BCUT2D eigenvalue weighted by atomic mass is 9.91. The van der Waals surface area contributed by atoms with Crippen LogP contribution in [0.25, 0.3) is 0 Å². The van der Waals surface area contributed by atoms with Gasteiger partial charge in [-0.25, -0.2) is 0 Å². The number of halogens is 3.